The van der Waals surface area contributed by atoms with E-state index in [1.54, 1.807) is 10.6 Å². The first-order valence-electron chi connectivity index (χ1n) is 8.57. The van der Waals surface area contributed by atoms with Crippen molar-refractivity contribution in [2.24, 2.45) is 0 Å². The van der Waals surface area contributed by atoms with Crippen molar-refractivity contribution in [3.8, 4) is 11.5 Å². The van der Waals surface area contributed by atoms with Gasteiger partial charge in [-0.2, -0.15) is 0 Å². The topological polar surface area (TPSA) is 52.5 Å². The van der Waals surface area contributed by atoms with Gasteiger partial charge in [0.05, 0.1) is 6.54 Å². The number of aromatic nitrogens is 1. The molecule has 132 valence electrons. The Morgan fingerprint density at radius 3 is 2.58 bits per heavy atom. The Morgan fingerprint density at radius 1 is 0.962 bits per heavy atom. The molecule has 1 N–H and O–H groups in total. The minimum Gasteiger partial charge on any atom is -0.454 e. The van der Waals surface area contributed by atoms with Gasteiger partial charge >= 0.3 is 0 Å². The van der Waals surface area contributed by atoms with E-state index in [1.807, 2.05) is 61.5 Å². The van der Waals surface area contributed by atoms with E-state index in [-0.39, 0.29) is 12.4 Å². The van der Waals surface area contributed by atoms with Crippen molar-refractivity contribution in [3.63, 3.8) is 0 Å². The first-order valence-corrected chi connectivity index (χ1v) is 8.57. The molecule has 0 spiro atoms. The van der Waals surface area contributed by atoms with Crippen LogP contribution in [0.15, 0.2) is 65.5 Å². The van der Waals surface area contributed by atoms with Crippen LogP contribution in [0.2, 0.25) is 0 Å². The number of anilines is 1. The fourth-order valence-electron chi connectivity index (χ4n) is 3.06. The van der Waals surface area contributed by atoms with Crippen LogP contribution >= 0.6 is 0 Å². The molecule has 1 aliphatic rings. The summed E-state index contributed by atoms with van der Waals surface area (Å²) in [7, 11) is 0. The maximum absolute atomic E-state index is 12.5. The summed E-state index contributed by atoms with van der Waals surface area (Å²) in [6.07, 6.45) is 0. The number of benzene rings is 2. The minimum absolute atomic E-state index is 0.0120. The van der Waals surface area contributed by atoms with E-state index < -0.39 is 0 Å². The summed E-state index contributed by atoms with van der Waals surface area (Å²) in [5.74, 6) is 1.53. The zero-order chi connectivity index (χ0) is 17.9. The first-order chi connectivity index (χ1) is 12.7. The number of hydrogen-bond donors (Lipinski definition) is 1. The predicted molar refractivity (Wildman–Crippen MR) is 101 cm³/mol. The highest BCUT2D eigenvalue weighted by atomic mass is 16.7. The largest absolute Gasteiger partial charge is 0.454 e. The van der Waals surface area contributed by atoms with Crippen LogP contribution in [0.1, 0.15) is 16.8 Å². The molecule has 0 bridgehead atoms. The first kappa shape index (κ1) is 16.3. The summed E-state index contributed by atoms with van der Waals surface area (Å²) < 4.78 is 12.5. The molecule has 1 aromatic heterocycles. The molecular weight excluding hydrogens is 328 g/mol. The molecule has 0 unspecified atom stereocenters. The van der Waals surface area contributed by atoms with Gasteiger partial charge in [-0.25, -0.2) is 0 Å². The maximum atomic E-state index is 12.5. The highest BCUT2D eigenvalue weighted by Gasteiger charge is 2.13. The molecule has 2 heterocycles. The van der Waals surface area contributed by atoms with Crippen molar-refractivity contribution in [2.45, 2.75) is 20.0 Å². The second kappa shape index (κ2) is 6.96. The fraction of sp³-hybridized carbons (Fsp3) is 0.190. The van der Waals surface area contributed by atoms with Crippen LogP contribution in [-0.2, 0) is 13.1 Å². The Morgan fingerprint density at radius 2 is 1.77 bits per heavy atom. The van der Waals surface area contributed by atoms with Crippen LogP contribution in [0, 0.1) is 6.92 Å². The number of nitrogens with zero attached hydrogens (tertiary/aromatic N) is 1. The highest BCUT2D eigenvalue weighted by molar-refractivity contribution is 5.47. The predicted octanol–water partition coefficient (Wildman–Crippen LogP) is 3.55. The quantitative estimate of drug-likeness (QED) is 0.766. The average Bonchev–Trinajstić information content (AvgIpc) is 3.12. The SMILES string of the molecule is Cc1cc(NCc2ccc3c(c2)OCO3)cc(=O)n1Cc1ccccc1. The smallest absolute Gasteiger partial charge is 0.253 e. The van der Waals surface area contributed by atoms with Gasteiger partial charge in [-0.05, 0) is 36.2 Å². The third-order valence-electron chi connectivity index (χ3n) is 4.45. The van der Waals surface area contributed by atoms with E-state index in [0.717, 1.165) is 34.0 Å². The normalized spacial score (nSPS) is 12.2. The molecule has 0 fully saturated rings. The Bertz CT molecular complexity index is 980. The molecule has 26 heavy (non-hydrogen) atoms. The second-order valence-electron chi connectivity index (χ2n) is 6.34. The lowest BCUT2D eigenvalue weighted by Gasteiger charge is -2.13. The van der Waals surface area contributed by atoms with Gasteiger partial charge in [-0.15, -0.1) is 0 Å². The summed E-state index contributed by atoms with van der Waals surface area (Å²) in [6, 6.07) is 19.5. The lowest BCUT2D eigenvalue weighted by atomic mass is 10.2. The van der Waals surface area contributed by atoms with Gasteiger partial charge in [0.25, 0.3) is 5.56 Å². The molecule has 1 aliphatic heterocycles. The Labute approximate surface area is 151 Å². The van der Waals surface area contributed by atoms with Crippen molar-refractivity contribution in [1.29, 1.82) is 0 Å². The summed E-state index contributed by atoms with van der Waals surface area (Å²) >= 11 is 0. The minimum atomic E-state index is -0.0120. The molecular formula is C21H20N2O3. The molecule has 0 saturated heterocycles. The highest BCUT2D eigenvalue weighted by Crippen LogP contribution is 2.32. The third kappa shape index (κ3) is 3.42. The molecule has 0 amide bonds. The fourth-order valence-corrected chi connectivity index (χ4v) is 3.06. The van der Waals surface area contributed by atoms with E-state index in [2.05, 4.69) is 5.32 Å². The zero-order valence-electron chi connectivity index (χ0n) is 14.6. The summed E-state index contributed by atoms with van der Waals surface area (Å²) in [4.78, 5) is 12.5. The number of rotatable bonds is 5. The Balaban J connectivity index is 1.48. The molecule has 0 radical (unpaired) electrons. The number of pyridine rings is 1. The molecule has 4 rings (SSSR count). The van der Waals surface area contributed by atoms with Crippen LogP contribution < -0.4 is 20.3 Å². The van der Waals surface area contributed by atoms with Crippen LogP contribution in [-0.4, -0.2) is 11.4 Å². The van der Waals surface area contributed by atoms with Crippen molar-refractivity contribution < 1.29 is 9.47 Å². The number of nitrogens with one attached hydrogen (secondary N) is 1. The third-order valence-corrected chi connectivity index (χ3v) is 4.45. The lowest BCUT2D eigenvalue weighted by Crippen LogP contribution is -2.22. The van der Waals surface area contributed by atoms with Crippen LogP contribution in [0.3, 0.4) is 0 Å². The van der Waals surface area contributed by atoms with Gasteiger partial charge in [0.15, 0.2) is 11.5 Å². The summed E-state index contributed by atoms with van der Waals surface area (Å²) in [6.45, 7) is 3.41. The van der Waals surface area contributed by atoms with E-state index in [4.69, 9.17) is 9.47 Å². The van der Waals surface area contributed by atoms with Crippen molar-refractivity contribution in [2.75, 3.05) is 12.1 Å². The number of aryl methyl sites for hydroxylation is 1. The van der Waals surface area contributed by atoms with Gasteiger partial charge in [0.1, 0.15) is 0 Å². The Kier molecular flexibility index (Phi) is 4.35. The molecule has 3 aromatic rings. The van der Waals surface area contributed by atoms with E-state index in [1.165, 1.54) is 0 Å². The van der Waals surface area contributed by atoms with Crippen molar-refractivity contribution in [3.05, 3.63) is 87.8 Å². The molecule has 0 atom stereocenters. The number of ether oxygens (including phenoxy) is 2. The molecule has 5 heteroatoms. The van der Waals surface area contributed by atoms with Gasteiger partial charge < -0.3 is 19.4 Å². The zero-order valence-corrected chi connectivity index (χ0v) is 14.6. The van der Waals surface area contributed by atoms with Gasteiger partial charge in [0.2, 0.25) is 6.79 Å². The molecule has 2 aromatic carbocycles. The monoisotopic (exact) mass is 348 g/mol. The van der Waals surface area contributed by atoms with Crippen molar-refractivity contribution >= 4 is 5.69 Å². The number of fused-ring (bicyclic) bond motifs is 1. The van der Waals surface area contributed by atoms with E-state index in [0.29, 0.717) is 13.1 Å². The summed E-state index contributed by atoms with van der Waals surface area (Å²) in [5.41, 5.74) is 3.91. The second-order valence-corrected chi connectivity index (χ2v) is 6.34. The van der Waals surface area contributed by atoms with Crippen molar-refractivity contribution in [1.82, 2.24) is 4.57 Å². The van der Waals surface area contributed by atoms with Gasteiger partial charge in [0, 0.05) is 24.0 Å². The standard InChI is InChI=1S/C21H20N2O3/c1-15-9-18(11-21(24)23(15)13-16-5-3-2-4-6-16)22-12-17-7-8-19-20(10-17)26-14-25-19/h2-11,22H,12-14H2,1H3. The molecule has 5 nitrogen and oxygen atoms in total. The van der Waals surface area contributed by atoms with Gasteiger partial charge in [-0.1, -0.05) is 36.4 Å². The maximum Gasteiger partial charge on any atom is 0.253 e. The van der Waals surface area contributed by atoms with Crippen LogP contribution in [0.5, 0.6) is 11.5 Å². The van der Waals surface area contributed by atoms with E-state index >= 15 is 0 Å². The molecule has 0 aliphatic carbocycles. The Hall–Kier alpha value is -3.21. The average molecular weight is 348 g/mol. The molecule has 0 saturated carbocycles. The summed E-state index contributed by atoms with van der Waals surface area (Å²) in [5, 5.41) is 3.32. The number of hydrogen-bond acceptors (Lipinski definition) is 4. The lowest BCUT2D eigenvalue weighted by molar-refractivity contribution is 0.174. The van der Waals surface area contributed by atoms with Crippen LogP contribution in [0.4, 0.5) is 5.69 Å². The van der Waals surface area contributed by atoms with E-state index in [9.17, 15) is 4.79 Å². The van der Waals surface area contributed by atoms with Crippen LogP contribution in [0.25, 0.3) is 0 Å². The van der Waals surface area contributed by atoms with Gasteiger partial charge in [-0.3, -0.25) is 4.79 Å².